The fourth-order valence-corrected chi connectivity index (χ4v) is 3.51. The number of hydrogen-bond acceptors (Lipinski definition) is 7. The van der Waals surface area contributed by atoms with Gasteiger partial charge in [0.25, 0.3) is 0 Å². The van der Waals surface area contributed by atoms with E-state index < -0.39 is 6.23 Å². The molecule has 2 aromatic heterocycles. The molecular formula is C21H26FN7O. The molecule has 9 heteroatoms. The highest BCUT2D eigenvalue weighted by Crippen LogP contribution is 2.33. The third kappa shape index (κ3) is 3.93. The van der Waals surface area contributed by atoms with E-state index in [1.165, 1.54) is 12.1 Å². The summed E-state index contributed by atoms with van der Waals surface area (Å²) < 4.78 is 15.1. The van der Waals surface area contributed by atoms with Gasteiger partial charge in [-0.05, 0) is 44.0 Å². The molecule has 30 heavy (non-hydrogen) atoms. The predicted molar refractivity (Wildman–Crippen MR) is 114 cm³/mol. The van der Waals surface area contributed by atoms with Gasteiger partial charge in [-0.2, -0.15) is 10.1 Å². The molecule has 0 saturated carbocycles. The molecule has 0 amide bonds. The predicted octanol–water partition coefficient (Wildman–Crippen LogP) is 2.66. The van der Waals surface area contributed by atoms with Crippen LogP contribution in [0.4, 0.5) is 21.8 Å². The summed E-state index contributed by atoms with van der Waals surface area (Å²) in [6.07, 6.45) is 3.08. The molecule has 0 fully saturated rings. The Kier molecular flexibility index (Phi) is 5.29. The van der Waals surface area contributed by atoms with Crippen molar-refractivity contribution >= 4 is 17.5 Å². The van der Waals surface area contributed by atoms with Gasteiger partial charge in [0.1, 0.15) is 17.7 Å². The number of anilines is 3. The van der Waals surface area contributed by atoms with Crippen molar-refractivity contribution in [1.82, 2.24) is 19.7 Å². The van der Waals surface area contributed by atoms with E-state index in [1.807, 2.05) is 43.6 Å². The third-order valence-corrected chi connectivity index (χ3v) is 5.54. The lowest BCUT2D eigenvalue weighted by molar-refractivity contribution is 0.172. The Morgan fingerprint density at radius 1 is 1.27 bits per heavy atom. The number of rotatable bonds is 5. The number of aryl methyl sites for hydroxylation is 2. The Bertz CT molecular complexity index is 1070. The molecule has 3 N–H and O–H groups in total. The molecule has 158 valence electrons. The van der Waals surface area contributed by atoms with Crippen molar-refractivity contribution < 1.29 is 9.50 Å². The molecule has 1 aromatic carbocycles. The van der Waals surface area contributed by atoms with Gasteiger partial charge in [-0.1, -0.05) is 6.07 Å². The van der Waals surface area contributed by atoms with Gasteiger partial charge in [-0.15, -0.1) is 0 Å². The molecule has 1 unspecified atom stereocenters. The number of halogens is 1. The van der Waals surface area contributed by atoms with E-state index in [2.05, 4.69) is 25.7 Å². The van der Waals surface area contributed by atoms with Gasteiger partial charge in [0.15, 0.2) is 5.82 Å². The number of aliphatic hydroxyl groups is 1. The maximum atomic E-state index is 13.3. The number of aliphatic hydroxyl groups excluding tert-OH is 1. The molecule has 0 bridgehead atoms. The van der Waals surface area contributed by atoms with Crippen LogP contribution in [0.1, 0.15) is 29.3 Å². The smallest absolute Gasteiger partial charge is 0.225 e. The minimum atomic E-state index is -0.667. The average Bonchev–Trinajstić information content (AvgIpc) is 3.15. The summed E-state index contributed by atoms with van der Waals surface area (Å²) in [7, 11) is 1.91. The Morgan fingerprint density at radius 3 is 2.83 bits per heavy atom. The van der Waals surface area contributed by atoms with Gasteiger partial charge in [-0.3, -0.25) is 4.68 Å². The van der Waals surface area contributed by atoms with Crippen LogP contribution in [-0.2, 0) is 13.1 Å². The quantitative estimate of drug-likeness (QED) is 0.595. The van der Waals surface area contributed by atoms with E-state index in [4.69, 9.17) is 0 Å². The van der Waals surface area contributed by atoms with E-state index in [9.17, 15) is 9.50 Å². The van der Waals surface area contributed by atoms with Crippen molar-refractivity contribution in [3.05, 3.63) is 58.8 Å². The summed E-state index contributed by atoms with van der Waals surface area (Å²) in [5, 5.41) is 20.8. The van der Waals surface area contributed by atoms with Crippen molar-refractivity contribution in [3.63, 3.8) is 0 Å². The van der Waals surface area contributed by atoms with E-state index in [0.29, 0.717) is 19.0 Å². The molecule has 1 aliphatic rings. The van der Waals surface area contributed by atoms with Crippen LogP contribution >= 0.6 is 0 Å². The Balaban J connectivity index is 1.45. The van der Waals surface area contributed by atoms with Crippen molar-refractivity contribution in [2.24, 2.45) is 0 Å². The minimum Gasteiger partial charge on any atom is -0.372 e. The first-order chi connectivity index (χ1) is 14.3. The molecule has 3 heterocycles. The Labute approximate surface area is 174 Å². The topological polar surface area (TPSA) is 91.1 Å². The number of fused-ring (bicyclic) bond motifs is 1. The second-order valence-corrected chi connectivity index (χ2v) is 7.74. The lowest BCUT2D eigenvalue weighted by Crippen LogP contribution is -2.48. The van der Waals surface area contributed by atoms with Gasteiger partial charge in [-0.25, -0.2) is 9.37 Å². The summed E-state index contributed by atoms with van der Waals surface area (Å²) in [4.78, 5) is 11.1. The van der Waals surface area contributed by atoms with E-state index in [-0.39, 0.29) is 11.9 Å². The number of nitrogens with zero attached hydrogens (tertiary/aromatic N) is 5. The molecule has 3 aromatic rings. The van der Waals surface area contributed by atoms with Gasteiger partial charge >= 0.3 is 0 Å². The van der Waals surface area contributed by atoms with Crippen LogP contribution in [0.15, 0.2) is 30.6 Å². The van der Waals surface area contributed by atoms with Crippen LogP contribution in [0.25, 0.3) is 0 Å². The molecule has 2 atom stereocenters. The highest BCUT2D eigenvalue weighted by atomic mass is 19.1. The summed E-state index contributed by atoms with van der Waals surface area (Å²) in [6, 6.07) is 4.68. The van der Waals surface area contributed by atoms with Crippen LogP contribution in [-0.4, -0.2) is 44.2 Å². The fraction of sp³-hybridized carbons (Fsp3) is 0.381. The normalized spacial score (nSPS) is 18.1. The SMILES string of the molecule is Cc1cc(F)ccc1Cn1cc(CNc2nc(C)c3c(n2)N(C)[C@@H](C)C(O)N3)cn1. The third-order valence-electron chi connectivity index (χ3n) is 5.54. The van der Waals surface area contributed by atoms with Crippen molar-refractivity contribution in [1.29, 1.82) is 0 Å². The zero-order chi connectivity index (χ0) is 21.4. The molecule has 0 radical (unpaired) electrons. The molecule has 0 saturated heterocycles. The molecular weight excluding hydrogens is 385 g/mol. The largest absolute Gasteiger partial charge is 0.372 e. The number of hydrogen-bond donors (Lipinski definition) is 3. The van der Waals surface area contributed by atoms with Crippen molar-refractivity contribution in [3.8, 4) is 0 Å². The van der Waals surface area contributed by atoms with Gasteiger partial charge in [0.2, 0.25) is 5.95 Å². The van der Waals surface area contributed by atoms with Gasteiger partial charge < -0.3 is 20.6 Å². The molecule has 8 nitrogen and oxygen atoms in total. The zero-order valence-corrected chi connectivity index (χ0v) is 17.5. The van der Waals surface area contributed by atoms with E-state index in [1.54, 1.807) is 12.3 Å². The van der Waals surface area contributed by atoms with Crippen LogP contribution in [0.5, 0.6) is 0 Å². The average molecular weight is 411 g/mol. The number of likely N-dealkylation sites (N-methyl/N-ethyl adjacent to an activating group) is 1. The van der Waals surface area contributed by atoms with Crippen molar-refractivity contribution in [2.75, 3.05) is 22.6 Å². The molecule has 1 aliphatic heterocycles. The first-order valence-corrected chi connectivity index (χ1v) is 9.88. The van der Waals surface area contributed by atoms with Crippen LogP contribution in [0.2, 0.25) is 0 Å². The standard InChI is InChI=1S/C21H26FN7O/c1-12-7-17(22)6-5-16(12)11-29-10-15(9-24-29)8-23-21-25-13(2)18-19(27-21)28(4)14(3)20(30)26-18/h5-7,9-10,14,20,26,30H,8,11H2,1-4H3,(H,23,25,27)/t14-,20?/m0/s1. The molecule has 4 rings (SSSR count). The monoisotopic (exact) mass is 411 g/mol. The van der Waals surface area contributed by atoms with Crippen molar-refractivity contribution in [2.45, 2.75) is 46.1 Å². The Morgan fingerprint density at radius 2 is 2.07 bits per heavy atom. The first-order valence-electron chi connectivity index (χ1n) is 9.88. The van der Waals surface area contributed by atoms with E-state index in [0.717, 1.165) is 33.9 Å². The van der Waals surface area contributed by atoms with Gasteiger partial charge in [0, 0.05) is 25.4 Å². The summed E-state index contributed by atoms with van der Waals surface area (Å²) >= 11 is 0. The van der Waals surface area contributed by atoms with Crippen LogP contribution < -0.4 is 15.5 Å². The van der Waals surface area contributed by atoms with Gasteiger partial charge in [0.05, 0.1) is 24.5 Å². The summed E-state index contributed by atoms with van der Waals surface area (Å²) in [6.45, 7) is 6.82. The molecule has 0 aliphatic carbocycles. The second kappa shape index (κ2) is 7.91. The van der Waals surface area contributed by atoms with Crippen LogP contribution in [0.3, 0.4) is 0 Å². The maximum absolute atomic E-state index is 13.3. The minimum absolute atomic E-state index is 0.104. The zero-order valence-electron chi connectivity index (χ0n) is 17.5. The number of nitrogens with one attached hydrogen (secondary N) is 2. The molecule has 0 spiro atoms. The maximum Gasteiger partial charge on any atom is 0.225 e. The highest BCUT2D eigenvalue weighted by Gasteiger charge is 2.30. The highest BCUT2D eigenvalue weighted by molar-refractivity contribution is 5.72. The summed E-state index contributed by atoms with van der Waals surface area (Å²) in [5.41, 5.74) is 4.43. The lowest BCUT2D eigenvalue weighted by Gasteiger charge is -2.37. The fourth-order valence-electron chi connectivity index (χ4n) is 3.51. The Hall–Kier alpha value is -3.20. The lowest BCUT2D eigenvalue weighted by atomic mass is 10.1. The van der Waals surface area contributed by atoms with E-state index >= 15 is 0 Å². The second-order valence-electron chi connectivity index (χ2n) is 7.74. The number of aromatic nitrogens is 4. The number of benzene rings is 1. The first kappa shape index (κ1) is 20.1. The summed E-state index contributed by atoms with van der Waals surface area (Å²) in [5.74, 6) is 1.04. The van der Waals surface area contributed by atoms with Crippen LogP contribution in [0, 0.1) is 19.7 Å².